The van der Waals surface area contributed by atoms with Gasteiger partial charge in [0, 0.05) is 17.9 Å². The van der Waals surface area contributed by atoms with E-state index < -0.39 is 0 Å². The maximum absolute atomic E-state index is 13.4. The van der Waals surface area contributed by atoms with Crippen LogP contribution in [0.4, 0.5) is 11.4 Å². The van der Waals surface area contributed by atoms with Crippen LogP contribution in [0.3, 0.4) is 0 Å². The third-order valence-electron chi connectivity index (χ3n) is 7.74. The standard InChI is InChI=1S/C24H26N2O3/c27-22(21-2-1-7-29-21)26-6-5-18-3-4-19(11-20(18)26)25-23(28)24-12-15-8-16(13-24)10-17(9-15)14-24/h1-4,7,11,15-17H,5-6,8-10,12-14H2,(H,25,28). The molecule has 1 aromatic heterocycles. The molecule has 150 valence electrons. The van der Waals surface area contributed by atoms with E-state index in [9.17, 15) is 9.59 Å². The van der Waals surface area contributed by atoms with Crippen molar-refractivity contribution in [2.24, 2.45) is 23.2 Å². The summed E-state index contributed by atoms with van der Waals surface area (Å²) in [5.74, 6) is 2.65. The summed E-state index contributed by atoms with van der Waals surface area (Å²) < 4.78 is 5.29. The highest BCUT2D eigenvalue weighted by atomic mass is 16.3. The van der Waals surface area contributed by atoms with Crippen LogP contribution in [0.1, 0.15) is 54.6 Å². The first kappa shape index (κ1) is 17.3. The van der Waals surface area contributed by atoms with Gasteiger partial charge in [0.15, 0.2) is 5.76 Å². The van der Waals surface area contributed by atoms with Crippen LogP contribution >= 0.6 is 0 Å². The summed E-state index contributed by atoms with van der Waals surface area (Å²) in [4.78, 5) is 27.9. The predicted molar refractivity (Wildman–Crippen MR) is 110 cm³/mol. The van der Waals surface area contributed by atoms with E-state index >= 15 is 0 Å². The van der Waals surface area contributed by atoms with Gasteiger partial charge in [0.05, 0.1) is 11.7 Å². The van der Waals surface area contributed by atoms with Crippen molar-refractivity contribution in [2.75, 3.05) is 16.8 Å². The summed E-state index contributed by atoms with van der Waals surface area (Å²) in [6, 6.07) is 9.41. The normalized spacial score (nSPS) is 31.7. The molecule has 5 aliphatic rings. The molecule has 0 unspecified atom stereocenters. The minimum Gasteiger partial charge on any atom is -0.459 e. The largest absolute Gasteiger partial charge is 0.459 e. The molecule has 1 aliphatic heterocycles. The van der Waals surface area contributed by atoms with E-state index in [0.29, 0.717) is 12.3 Å². The summed E-state index contributed by atoms with van der Waals surface area (Å²) >= 11 is 0. The Bertz CT molecular complexity index is 943. The van der Waals surface area contributed by atoms with E-state index in [0.717, 1.165) is 60.4 Å². The first-order chi connectivity index (χ1) is 14.1. The molecule has 0 atom stereocenters. The quantitative estimate of drug-likeness (QED) is 0.831. The lowest BCUT2D eigenvalue weighted by Gasteiger charge is -2.55. The highest BCUT2D eigenvalue weighted by molar-refractivity contribution is 6.06. The van der Waals surface area contributed by atoms with Gasteiger partial charge in [-0.25, -0.2) is 0 Å². The smallest absolute Gasteiger partial charge is 0.293 e. The molecule has 1 N–H and O–H groups in total. The maximum Gasteiger partial charge on any atom is 0.293 e. The Balaban J connectivity index is 1.24. The Morgan fingerprint density at radius 3 is 2.41 bits per heavy atom. The van der Waals surface area contributed by atoms with Gasteiger partial charge in [-0.15, -0.1) is 0 Å². The van der Waals surface area contributed by atoms with Gasteiger partial charge in [0.2, 0.25) is 5.91 Å². The lowest BCUT2D eigenvalue weighted by atomic mass is 9.49. The molecule has 7 rings (SSSR count). The lowest BCUT2D eigenvalue weighted by Crippen LogP contribution is -2.51. The fraction of sp³-hybridized carbons (Fsp3) is 0.500. The summed E-state index contributed by atoms with van der Waals surface area (Å²) in [5.41, 5.74) is 2.65. The molecule has 4 saturated carbocycles. The Labute approximate surface area is 170 Å². The second-order valence-electron chi connectivity index (χ2n) is 9.68. The number of rotatable bonds is 3. The minimum atomic E-state index is -0.169. The number of furan rings is 1. The summed E-state index contributed by atoms with van der Waals surface area (Å²) in [5, 5.41) is 3.22. The van der Waals surface area contributed by atoms with E-state index in [1.54, 1.807) is 17.0 Å². The molecule has 2 heterocycles. The van der Waals surface area contributed by atoms with Crippen LogP contribution in [0.2, 0.25) is 0 Å². The molecule has 0 radical (unpaired) electrons. The fourth-order valence-corrected chi connectivity index (χ4v) is 6.85. The van der Waals surface area contributed by atoms with Gasteiger partial charge in [-0.2, -0.15) is 0 Å². The van der Waals surface area contributed by atoms with Crippen molar-refractivity contribution in [1.29, 1.82) is 0 Å². The molecule has 1 aromatic carbocycles. The average Bonchev–Trinajstić information content (AvgIpc) is 3.36. The van der Waals surface area contributed by atoms with Crippen molar-refractivity contribution >= 4 is 23.2 Å². The van der Waals surface area contributed by atoms with E-state index in [1.807, 2.05) is 18.2 Å². The van der Waals surface area contributed by atoms with E-state index in [4.69, 9.17) is 4.42 Å². The van der Waals surface area contributed by atoms with Crippen LogP contribution in [-0.2, 0) is 11.2 Å². The van der Waals surface area contributed by atoms with E-state index in [1.165, 1.54) is 25.5 Å². The van der Waals surface area contributed by atoms with E-state index in [2.05, 4.69) is 5.32 Å². The summed E-state index contributed by atoms with van der Waals surface area (Å²) in [6.07, 6.45) is 9.49. The monoisotopic (exact) mass is 390 g/mol. The molecule has 4 fully saturated rings. The van der Waals surface area contributed by atoms with Gasteiger partial charge < -0.3 is 14.6 Å². The van der Waals surface area contributed by atoms with E-state index in [-0.39, 0.29) is 17.2 Å². The second-order valence-corrected chi connectivity index (χ2v) is 9.68. The number of fused-ring (bicyclic) bond motifs is 1. The Kier molecular flexibility index (Phi) is 3.71. The predicted octanol–water partition coefficient (Wildman–Crippen LogP) is 4.64. The molecule has 5 heteroatoms. The highest BCUT2D eigenvalue weighted by Crippen LogP contribution is 2.60. The lowest BCUT2D eigenvalue weighted by molar-refractivity contribution is -0.140. The fourth-order valence-electron chi connectivity index (χ4n) is 6.85. The van der Waals surface area contributed by atoms with Crippen molar-refractivity contribution in [2.45, 2.75) is 44.9 Å². The van der Waals surface area contributed by atoms with Crippen molar-refractivity contribution in [3.63, 3.8) is 0 Å². The molecule has 2 aromatic rings. The summed E-state index contributed by atoms with van der Waals surface area (Å²) in [7, 11) is 0. The number of hydrogen-bond donors (Lipinski definition) is 1. The molecular weight excluding hydrogens is 364 g/mol. The molecular formula is C24H26N2O3. The van der Waals surface area contributed by atoms with Crippen LogP contribution in [0.25, 0.3) is 0 Å². The Hall–Kier alpha value is -2.56. The maximum atomic E-state index is 13.4. The topological polar surface area (TPSA) is 62.6 Å². The zero-order chi connectivity index (χ0) is 19.6. The van der Waals surface area contributed by atoms with Gasteiger partial charge in [-0.05, 0) is 92.5 Å². The summed E-state index contributed by atoms with van der Waals surface area (Å²) in [6.45, 7) is 0.640. The molecule has 29 heavy (non-hydrogen) atoms. The number of nitrogens with zero attached hydrogens (tertiary/aromatic N) is 1. The molecule has 2 amide bonds. The van der Waals surface area contributed by atoms with Gasteiger partial charge in [0.25, 0.3) is 5.91 Å². The van der Waals surface area contributed by atoms with Crippen LogP contribution in [-0.4, -0.2) is 18.4 Å². The van der Waals surface area contributed by atoms with Crippen molar-refractivity contribution < 1.29 is 14.0 Å². The first-order valence-electron chi connectivity index (χ1n) is 10.9. The van der Waals surface area contributed by atoms with Gasteiger partial charge in [0.1, 0.15) is 0 Å². The number of benzene rings is 1. The molecule has 4 bridgehead atoms. The molecule has 0 saturated heterocycles. The Morgan fingerprint density at radius 1 is 1.03 bits per heavy atom. The zero-order valence-electron chi connectivity index (χ0n) is 16.5. The number of nitrogens with one attached hydrogen (secondary N) is 1. The third-order valence-corrected chi connectivity index (χ3v) is 7.74. The SMILES string of the molecule is O=C(c1ccco1)N1CCc2ccc(NC(=O)C34CC5CC(CC(C5)C3)C4)cc21. The molecule has 4 aliphatic carbocycles. The van der Waals surface area contributed by atoms with Gasteiger partial charge >= 0.3 is 0 Å². The number of amides is 2. The second kappa shape index (κ2) is 6.22. The number of carbonyl (C=O) groups is 2. The van der Waals surface area contributed by atoms with Crippen LogP contribution in [0, 0.1) is 23.2 Å². The van der Waals surface area contributed by atoms with Crippen LogP contribution in [0.15, 0.2) is 41.0 Å². The van der Waals surface area contributed by atoms with Crippen molar-refractivity contribution in [3.8, 4) is 0 Å². The van der Waals surface area contributed by atoms with Crippen molar-refractivity contribution in [1.82, 2.24) is 0 Å². The molecule has 5 nitrogen and oxygen atoms in total. The van der Waals surface area contributed by atoms with Gasteiger partial charge in [-0.1, -0.05) is 6.07 Å². The van der Waals surface area contributed by atoms with Gasteiger partial charge in [-0.3, -0.25) is 9.59 Å². The zero-order valence-corrected chi connectivity index (χ0v) is 16.5. The van der Waals surface area contributed by atoms with Crippen LogP contribution in [0.5, 0.6) is 0 Å². The minimum absolute atomic E-state index is 0.127. The van der Waals surface area contributed by atoms with Crippen molar-refractivity contribution in [3.05, 3.63) is 47.9 Å². The van der Waals surface area contributed by atoms with Crippen LogP contribution < -0.4 is 10.2 Å². The third kappa shape index (κ3) is 2.74. The Morgan fingerprint density at radius 2 is 1.76 bits per heavy atom. The average molecular weight is 390 g/mol. The first-order valence-corrected chi connectivity index (χ1v) is 10.9. The number of hydrogen-bond acceptors (Lipinski definition) is 3. The molecule has 0 spiro atoms. The highest BCUT2D eigenvalue weighted by Gasteiger charge is 2.54. The number of anilines is 2. The number of carbonyl (C=O) groups excluding carboxylic acids is 2.